The lowest BCUT2D eigenvalue weighted by molar-refractivity contribution is 0.100. The summed E-state index contributed by atoms with van der Waals surface area (Å²) in [5.41, 5.74) is 8.47. The number of methoxy groups -OCH3 is 1. The monoisotopic (exact) mass is 429 g/mol. The minimum absolute atomic E-state index is 0.216. The zero-order valence-electron chi connectivity index (χ0n) is 16.3. The Morgan fingerprint density at radius 3 is 2.41 bits per heavy atom. The van der Waals surface area contributed by atoms with Gasteiger partial charge in [0.25, 0.3) is 5.91 Å². The van der Waals surface area contributed by atoms with E-state index in [1.54, 1.807) is 20.4 Å². The highest BCUT2D eigenvalue weighted by Crippen LogP contribution is 2.40. The van der Waals surface area contributed by atoms with Crippen molar-refractivity contribution >= 4 is 41.3 Å². The Morgan fingerprint density at radius 1 is 1.14 bits per heavy atom. The molecule has 0 saturated heterocycles. The van der Waals surface area contributed by atoms with Gasteiger partial charge in [0.1, 0.15) is 18.0 Å². The number of carbonyl (C=O) groups is 1. The van der Waals surface area contributed by atoms with Crippen molar-refractivity contribution in [2.24, 2.45) is 5.73 Å². The van der Waals surface area contributed by atoms with E-state index in [0.717, 1.165) is 16.4 Å². The van der Waals surface area contributed by atoms with Crippen LogP contribution in [-0.2, 0) is 4.57 Å². The molecule has 0 fully saturated rings. The molecule has 3 N–H and O–H groups in total. The Hall–Kier alpha value is -2.82. The fourth-order valence-electron chi connectivity index (χ4n) is 2.96. The van der Waals surface area contributed by atoms with Crippen molar-refractivity contribution < 1.29 is 14.1 Å². The van der Waals surface area contributed by atoms with Crippen LogP contribution in [-0.4, -0.2) is 31.3 Å². The highest BCUT2D eigenvalue weighted by atomic mass is 35.5. The Kier molecular flexibility index (Phi) is 5.96. The second-order valence-electron chi connectivity index (χ2n) is 6.83. The molecule has 0 saturated carbocycles. The van der Waals surface area contributed by atoms with Gasteiger partial charge in [0.05, 0.1) is 24.0 Å². The molecule has 0 bridgehead atoms. The molecule has 0 aliphatic heterocycles. The smallest absolute Gasteiger partial charge is 0.252 e. The Labute approximate surface area is 174 Å². The van der Waals surface area contributed by atoms with Gasteiger partial charge in [-0.25, -0.2) is 4.98 Å². The SMILES string of the molecule is COc1c(Nc2cc(Cl)ncc2C(N)=O)cccc1-c1ccc(P(C)(C)=O)cc1. The van der Waals surface area contributed by atoms with Gasteiger partial charge in [-0.1, -0.05) is 48.0 Å². The molecule has 3 rings (SSSR count). The third-order valence-corrected chi connectivity index (χ3v) is 6.17. The second kappa shape index (κ2) is 8.27. The summed E-state index contributed by atoms with van der Waals surface area (Å²) in [6.45, 7) is 3.48. The molecule has 1 amide bonds. The standard InChI is InChI=1S/C21H21ClN3O3P/c1-28-20-15(13-7-9-14(10-8-13)29(2,3)27)5-4-6-17(20)25-18-11-19(22)24-12-16(18)21(23)26/h4-12H,1-3H3,(H2,23,26)(H,24,25). The molecule has 0 unspecified atom stereocenters. The topological polar surface area (TPSA) is 94.3 Å². The number of rotatable bonds is 6. The first-order valence-electron chi connectivity index (χ1n) is 8.76. The molecule has 1 aromatic heterocycles. The molecule has 8 heteroatoms. The van der Waals surface area contributed by atoms with E-state index in [2.05, 4.69) is 10.3 Å². The number of aromatic nitrogens is 1. The summed E-state index contributed by atoms with van der Waals surface area (Å²) in [7, 11) is -0.761. The summed E-state index contributed by atoms with van der Waals surface area (Å²) >= 11 is 5.98. The van der Waals surface area contributed by atoms with Crippen molar-refractivity contribution in [3.05, 3.63) is 65.4 Å². The number of halogens is 1. The second-order valence-corrected chi connectivity index (χ2v) is 10.4. The van der Waals surface area contributed by atoms with E-state index in [0.29, 0.717) is 17.1 Å². The van der Waals surface area contributed by atoms with Crippen molar-refractivity contribution in [3.63, 3.8) is 0 Å². The molecular formula is C21H21ClN3O3P. The zero-order valence-corrected chi connectivity index (χ0v) is 17.9. The average Bonchev–Trinajstić information content (AvgIpc) is 2.67. The van der Waals surface area contributed by atoms with Gasteiger partial charge < -0.3 is 20.4 Å². The predicted octanol–water partition coefficient (Wildman–Crippen LogP) is 4.50. The maximum absolute atomic E-state index is 12.3. The van der Waals surface area contributed by atoms with E-state index in [-0.39, 0.29) is 10.7 Å². The fraction of sp³-hybridized carbons (Fsp3) is 0.143. The molecule has 1 heterocycles. The molecule has 0 spiro atoms. The molecule has 2 aromatic carbocycles. The number of pyridine rings is 1. The summed E-state index contributed by atoms with van der Waals surface area (Å²) in [5.74, 6) is -0.0364. The van der Waals surface area contributed by atoms with Crippen molar-refractivity contribution in [3.8, 4) is 16.9 Å². The maximum Gasteiger partial charge on any atom is 0.252 e. The van der Waals surface area contributed by atoms with Crippen molar-refractivity contribution in [1.29, 1.82) is 0 Å². The number of amides is 1. The zero-order chi connectivity index (χ0) is 21.2. The van der Waals surface area contributed by atoms with Gasteiger partial charge in [-0.2, -0.15) is 0 Å². The van der Waals surface area contributed by atoms with E-state index in [1.165, 1.54) is 12.3 Å². The molecule has 29 heavy (non-hydrogen) atoms. The molecule has 0 radical (unpaired) electrons. The number of hydrogen-bond donors (Lipinski definition) is 2. The number of nitrogens with one attached hydrogen (secondary N) is 1. The number of hydrogen-bond acceptors (Lipinski definition) is 5. The van der Waals surface area contributed by atoms with Gasteiger partial charge in [0.15, 0.2) is 0 Å². The van der Waals surface area contributed by atoms with Gasteiger partial charge in [-0.15, -0.1) is 0 Å². The third-order valence-electron chi connectivity index (χ3n) is 4.42. The van der Waals surface area contributed by atoms with Crippen molar-refractivity contribution in [2.45, 2.75) is 0 Å². The predicted molar refractivity (Wildman–Crippen MR) is 119 cm³/mol. The summed E-state index contributed by atoms with van der Waals surface area (Å²) < 4.78 is 17.9. The minimum atomic E-state index is -2.33. The molecular weight excluding hydrogens is 409 g/mol. The lowest BCUT2D eigenvalue weighted by atomic mass is 10.0. The minimum Gasteiger partial charge on any atom is -0.494 e. The van der Waals surface area contributed by atoms with Crippen LogP contribution >= 0.6 is 18.7 Å². The quantitative estimate of drug-likeness (QED) is 0.444. The Balaban J connectivity index is 2.05. The summed E-state index contributed by atoms with van der Waals surface area (Å²) in [5, 5.41) is 4.21. The average molecular weight is 430 g/mol. The van der Waals surface area contributed by atoms with Crippen LogP contribution in [0.2, 0.25) is 5.15 Å². The maximum atomic E-state index is 12.3. The van der Waals surface area contributed by atoms with Crippen molar-refractivity contribution in [1.82, 2.24) is 4.98 Å². The molecule has 0 aliphatic carbocycles. The number of primary amides is 1. The van der Waals surface area contributed by atoms with E-state index in [9.17, 15) is 9.36 Å². The molecule has 150 valence electrons. The summed E-state index contributed by atoms with van der Waals surface area (Å²) in [4.78, 5) is 15.6. The van der Waals surface area contributed by atoms with E-state index < -0.39 is 13.0 Å². The number of para-hydroxylation sites is 1. The number of anilines is 2. The summed E-state index contributed by atoms with van der Waals surface area (Å²) in [6, 6.07) is 14.7. The van der Waals surface area contributed by atoms with E-state index in [1.807, 2.05) is 42.5 Å². The highest BCUT2D eigenvalue weighted by Gasteiger charge is 2.16. The van der Waals surface area contributed by atoms with Gasteiger partial charge in [0, 0.05) is 17.1 Å². The summed E-state index contributed by atoms with van der Waals surface area (Å²) in [6.07, 6.45) is 1.33. The van der Waals surface area contributed by atoms with Crippen LogP contribution in [0, 0.1) is 0 Å². The highest BCUT2D eigenvalue weighted by molar-refractivity contribution is 7.70. The largest absolute Gasteiger partial charge is 0.494 e. The van der Waals surface area contributed by atoms with Crippen LogP contribution in [0.3, 0.4) is 0 Å². The number of ether oxygens (including phenoxy) is 1. The molecule has 0 atom stereocenters. The number of benzene rings is 2. The fourth-order valence-corrected chi connectivity index (χ4v) is 3.98. The molecule has 3 aromatic rings. The molecule has 6 nitrogen and oxygen atoms in total. The van der Waals surface area contributed by atoms with Crippen molar-refractivity contribution in [2.75, 3.05) is 25.8 Å². The van der Waals surface area contributed by atoms with Gasteiger partial charge >= 0.3 is 0 Å². The normalized spacial score (nSPS) is 11.2. The van der Waals surface area contributed by atoms with Crippen LogP contribution in [0.5, 0.6) is 5.75 Å². The van der Waals surface area contributed by atoms with E-state index in [4.69, 9.17) is 22.1 Å². The number of nitrogens with two attached hydrogens (primary N) is 1. The lowest BCUT2D eigenvalue weighted by Crippen LogP contribution is -2.14. The Bertz CT molecular complexity index is 1110. The third kappa shape index (κ3) is 4.61. The number of carbonyl (C=O) groups excluding carboxylic acids is 1. The van der Waals surface area contributed by atoms with Crippen LogP contribution in [0.4, 0.5) is 11.4 Å². The Morgan fingerprint density at radius 2 is 1.83 bits per heavy atom. The first kappa shape index (κ1) is 20.9. The van der Waals surface area contributed by atoms with Gasteiger partial charge in [0.2, 0.25) is 0 Å². The van der Waals surface area contributed by atoms with Crippen LogP contribution in [0.1, 0.15) is 10.4 Å². The van der Waals surface area contributed by atoms with Crippen LogP contribution < -0.4 is 21.1 Å². The lowest BCUT2D eigenvalue weighted by Gasteiger charge is -2.17. The van der Waals surface area contributed by atoms with Gasteiger partial charge in [-0.3, -0.25) is 4.79 Å². The molecule has 0 aliphatic rings. The first-order valence-corrected chi connectivity index (χ1v) is 11.7. The van der Waals surface area contributed by atoms with Gasteiger partial charge in [-0.05, 0) is 31.0 Å². The van der Waals surface area contributed by atoms with E-state index >= 15 is 0 Å². The number of nitrogens with zero attached hydrogens (tertiary/aromatic N) is 1. The first-order chi connectivity index (χ1) is 13.7. The van der Waals surface area contributed by atoms with Crippen LogP contribution in [0.25, 0.3) is 11.1 Å². The van der Waals surface area contributed by atoms with Crippen LogP contribution in [0.15, 0.2) is 54.7 Å².